The van der Waals surface area contributed by atoms with Crippen molar-refractivity contribution in [2.75, 3.05) is 11.4 Å². The van der Waals surface area contributed by atoms with Gasteiger partial charge in [0.1, 0.15) is 6.04 Å². The number of unbranched alkanes of at least 4 members (excludes halogenated alkanes) is 2. The zero-order valence-electron chi connectivity index (χ0n) is 16.2. The molecule has 0 unspecified atom stereocenters. The van der Waals surface area contributed by atoms with Crippen LogP contribution in [-0.2, 0) is 9.59 Å². The van der Waals surface area contributed by atoms with E-state index in [1.807, 2.05) is 26.8 Å². The van der Waals surface area contributed by atoms with E-state index < -0.39 is 11.9 Å². The van der Waals surface area contributed by atoms with Gasteiger partial charge in [0.2, 0.25) is 11.8 Å². The van der Waals surface area contributed by atoms with Gasteiger partial charge in [-0.15, -0.1) is 0 Å². The Kier molecular flexibility index (Phi) is 6.96. The number of carbonyl (C=O) groups is 3. The Bertz CT molecular complexity index is 697. The highest BCUT2D eigenvalue weighted by molar-refractivity contribution is 6.10. The Morgan fingerprint density at radius 3 is 2.56 bits per heavy atom. The van der Waals surface area contributed by atoms with Crippen molar-refractivity contribution in [2.24, 2.45) is 5.41 Å². The molecule has 1 aliphatic heterocycles. The quantitative estimate of drug-likeness (QED) is 0.388. The molecule has 27 heavy (non-hydrogen) atoms. The van der Waals surface area contributed by atoms with E-state index in [1.165, 1.54) is 0 Å². The molecular weight excluding hydrogens is 346 g/mol. The van der Waals surface area contributed by atoms with Gasteiger partial charge in [-0.25, -0.2) is 5.48 Å². The average molecular weight is 375 g/mol. The fourth-order valence-electron chi connectivity index (χ4n) is 3.28. The van der Waals surface area contributed by atoms with Crippen LogP contribution in [0.4, 0.5) is 5.69 Å². The molecule has 1 aromatic rings. The molecule has 1 aliphatic rings. The van der Waals surface area contributed by atoms with Crippen LogP contribution in [0.25, 0.3) is 0 Å². The van der Waals surface area contributed by atoms with Crippen molar-refractivity contribution in [3.05, 3.63) is 29.8 Å². The van der Waals surface area contributed by atoms with Crippen LogP contribution in [0.15, 0.2) is 24.3 Å². The van der Waals surface area contributed by atoms with Gasteiger partial charge in [-0.3, -0.25) is 19.6 Å². The third kappa shape index (κ3) is 5.79. The minimum Gasteiger partial charge on any atom is -0.340 e. The lowest BCUT2D eigenvalue weighted by Gasteiger charge is -2.29. The summed E-state index contributed by atoms with van der Waals surface area (Å²) in [5, 5.41) is 11.4. The van der Waals surface area contributed by atoms with Gasteiger partial charge in [-0.1, -0.05) is 39.3 Å². The number of amides is 3. The minimum absolute atomic E-state index is 0.101. The lowest BCUT2D eigenvalue weighted by molar-refractivity contribution is -0.129. The van der Waals surface area contributed by atoms with E-state index in [9.17, 15) is 14.4 Å². The number of para-hydroxylation sites is 1. The Hall–Kier alpha value is -2.41. The lowest BCUT2D eigenvalue weighted by Crippen LogP contribution is -2.47. The third-order valence-electron chi connectivity index (χ3n) is 4.54. The predicted molar refractivity (Wildman–Crippen MR) is 103 cm³/mol. The second kappa shape index (κ2) is 8.99. The average Bonchev–Trinajstić information content (AvgIpc) is 2.70. The lowest BCUT2D eigenvalue weighted by atomic mass is 9.87. The molecule has 1 atom stereocenters. The molecule has 0 radical (unpaired) electrons. The van der Waals surface area contributed by atoms with Crippen LogP contribution in [-0.4, -0.2) is 35.5 Å². The topological polar surface area (TPSA) is 98.7 Å². The number of benzene rings is 1. The molecule has 148 valence electrons. The molecule has 1 aromatic carbocycles. The normalized spacial score (nSPS) is 17.2. The van der Waals surface area contributed by atoms with E-state index in [0.717, 1.165) is 6.42 Å². The van der Waals surface area contributed by atoms with Crippen molar-refractivity contribution in [3.63, 3.8) is 0 Å². The number of hydrogen-bond acceptors (Lipinski definition) is 4. The standard InChI is InChI=1S/C20H29N3O4/c1-20(2,3)13-15-19(26)23(12-8-4-5-11-17(24)22-27)16-10-7-6-9-14(16)18(25)21-15/h6-7,9-10,15,27H,4-5,8,11-13H2,1-3H3,(H,21,25)(H,22,24)/t15-/m1/s1. The van der Waals surface area contributed by atoms with Gasteiger partial charge in [0.25, 0.3) is 5.91 Å². The maximum Gasteiger partial charge on any atom is 0.254 e. The Morgan fingerprint density at radius 1 is 1.19 bits per heavy atom. The van der Waals surface area contributed by atoms with Crippen LogP contribution in [0.5, 0.6) is 0 Å². The number of hydrogen-bond donors (Lipinski definition) is 3. The van der Waals surface area contributed by atoms with Gasteiger partial charge < -0.3 is 10.2 Å². The molecule has 0 bridgehead atoms. The number of hydroxylamine groups is 1. The van der Waals surface area contributed by atoms with Crippen molar-refractivity contribution in [3.8, 4) is 0 Å². The van der Waals surface area contributed by atoms with E-state index in [1.54, 1.807) is 28.6 Å². The maximum atomic E-state index is 13.2. The fraction of sp³-hybridized carbons (Fsp3) is 0.550. The summed E-state index contributed by atoms with van der Waals surface area (Å²) in [5.41, 5.74) is 2.64. The van der Waals surface area contributed by atoms with E-state index in [2.05, 4.69) is 5.32 Å². The Balaban J connectivity index is 2.14. The smallest absolute Gasteiger partial charge is 0.254 e. The molecule has 3 amide bonds. The van der Waals surface area contributed by atoms with E-state index in [0.29, 0.717) is 37.1 Å². The summed E-state index contributed by atoms with van der Waals surface area (Å²) in [6, 6.07) is 6.58. The van der Waals surface area contributed by atoms with Crippen LogP contribution in [0.2, 0.25) is 0 Å². The van der Waals surface area contributed by atoms with Crippen LogP contribution in [0, 0.1) is 5.41 Å². The molecule has 1 heterocycles. The van der Waals surface area contributed by atoms with Crippen LogP contribution in [0.1, 0.15) is 63.2 Å². The first-order chi connectivity index (χ1) is 12.7. The summed E-state index contributed by atoms with van der Waals surface area (Å²) in [4.78, 5) is 38.6. The van der Waals surface area contributed by atoms with Gasteiger partial charge in [0, 0.05) is 13.0 Å². The Labute approximate surface area is 160 Å². The fourth-order valence-corrected chi connectivity index (χ4v) is 3.28. The number of rotatable bonds is 7. The summed E-state index contributed by atoms with van der Waals surface area (Å²) in [6.45, 7) is 6.61. The van der Waals surface area contributed by atoms with Crippen molar-refractivity contribution in [2.45, 2.75) is 58.9 Å². The molecule has 7 heteroatoms. The van der Waals surface area contributed by atoms with Crippen molar-refractivity contribution < 1.29 is 19.6 Å². The number of carbonyl (C=O) groups excluding carboxylic acids is 3. The number of nitrogens with zero attached hydrogens (tertiary/aromatic N) is 1. The van der Waals surface area contributed by atoms with E-state index in [-0.39, 0.29) is 23.7 Å². The molecule has 0 spiro atoms. The summed E-state index contributed by atoms with van der Waals surface area (Å²) in [7, 11) is 0. The van der Waals surface area contributed by atoms with E-state index >= 15 is 0 Å². The zero-order chi connectivity index (χ0) is 20.0. The molecule has 2 rings (SSSR count). The zero-order valence-corrected chi connectivity index (χ0v) is 16.2. The largest absolute Gasteiger partial charge is 0.340 e. The number of fused-ring (bicyclic) bond motifs is 1. The molecule has 3 N–H and O–H groups in total. The molecule has 0 saturated carbocycles. The van der Waals surface area contributed by atoms with Crippen molar-refractivity contribution in [1.29, 1.82) is 0 Å². The highest BCUT2D eigenvalue weighted by atomic mass is 16.5. The number of anilines is 1. The van der Waals surface area contributed by atoms with Gasteiger partial charge in [0.15, 0.2) is 0 Å². The molecule has 0 aromatic heterocycles. The molecule has 0 saturated heterocycles. The molecule has 0 fully saturated rings. The highest BCUT2D eigenvalue weighted by Crippen LogP contribution is 2.29. The van der Waals surface area contributed by atoms with E-state index in [4.69, 9.17) is 5.21 Å². The molecular formula is C20H29N3O4. The first kappa shape index (κ1) is 20.9. The number of nitrogens with one attached hydrogen (secondary N) is 2. The third-order valence-corrected chi connectivity index (χ3v) is 4.54. The predicted octanol–water partition coefficient (Wildman–Crippen LogP) is 2.63. The first-order valence-corrected chi connectivity index (χ1v) is 9.37. The SMILES string of the molecule is CC(C)(C)C[C@H]1NC(=O)c2ccccc2N(CCCCCC(=O)NO)C1=O. The second-order valence-electron chi connectivity index (χ2n) is 8.14. The van der Waals surface area contributed by atoms with Gasteiger partial charge in [0.05, 0.1) is 11.3 Å². The Morgan fingerprint density at radius 2 is 1.89 bits per heavy atom. The maximum absolute atomic E-state index is 13.2. The molecule has 0 aliphatic carbocycles. The summed E-state index contributed by atoms with van der Waals surface area (Å²) in [5.74, 6) is -0.738. The summed E-state index contributed by atoms with van der Waals surface area (Å²) >= 11 is 0. The van der Waals surface area contributed by atoms with Crippen LogP contribution >= 0.6 is 0 Å². The highest BCUT2D eigenvalue weighted by Gasteiger charge is 2.35. The molecule has 7 nitrogen and oxygen atoms in total. The first-order valence-electron chi connectivity index (χ1n) is 9.37. The van der Waals surface area contributed by atoms with Gasteiger partial charge in [-0.2, -0.15) is 0 Å². The monoisotopic (exact) mass is 375 g/mol. The minimum atomic E-state index is -0.565. The van der Waals surface area contributed by atoms with Crippen LogP contribution in [0.3, 0.4) is 0 Å². The van der Waals surface area contributed by atoms with Crippen LogP contribution < -0.4 is 15.7 Å². The van der Waals surface area contributed by atoms with Gasteiger partial charge >= 0.3 is 0 Å². The summed E-state index contributed by atoms with van der Waals surface area (Å²) < 4.78 is 0. The summed E-state index contributed by atoms with van der Waals surface area (Å²) in [6.07, 6.45) is 2.87. The van der Waals surface area contributed by atoms with Crippen molar-refractivity contribution >= 4 is 23.4 Å². The van der Waals surface area contributed by atoms with Crippen molar-refractivity contribution in [1.82, 2.24) is 10.8 Å². The second-order valence-corrected chi connectivity index (χ2v) is 8.14. The van der Waals surface area contributed by atoms with Gasteiger partial charge in [-0.05, 0) is 36.8 Å².